The molecule has 0 nitrogen and oxygen atoms in total. The molecule has 82 valence electrons. The largest absolute Gasteiger partial charge is 0.0565 e. The van der Waals surface area contributed by atoms with Crippen LogP contribution in [0, 0.1) is 10.8 Å². The Hall–Kier alpha value is 0.790. The maximum Gasteiger partial charge on any atom is 0.00256 e. The van der Waals surface area contributed by atoms with Gasteiger partial charge in [0.2, 0.25) is 0 Å². The van der Waals surface area contributed by atoms with E-state index in [0.717, 1.165) is 0 Å². The summed E-state index contributed by atoms with van der Waals surface area (Å²) in [6, 6.07) is 0. The maximum absolute atomic E-state index is 3.78. The fourth-order valence-electron chi connectivity index (χ4n) is 1.11. The molecule has 0 spiro atoms. The average Bonchev–Trinajstić information content (AvgIpc) is 2.27. The maximum atomic E-state index is 3.78. The van der Waals surface area contributed by atoms with Gasteiger partial charge in [0.15, 0.2) is 0 Å². The first-order valence-electron chi connectivity index (χ1n) is 4.81. The minimum absolute atomic E-state index is 0.197. The SMILES string of the molecule is CC(C)(C)C1=CC(C(C)(C)C)=S(Br)S1. The van der Waals surface area contributed by atoms with Crippen LogP contribution in [0.25, 0.3) is 0 Å². The van der Waals surface area contributed by atoms with Gasteiger partial charge in [0.25, 0.3) is 0 Å². The van der Waals surface area contributed by atoms with E-state index in [1.54, 1.807) is 0 Å². The zero-order valence-corrected chi connectivity index (χ0v) is 13.0. The van der Waals surface area contributed by atoms with Gasteiger partial charge in [-0.05, 0) is 31.7 Å². The smallest absolute Gasteiger partial charge is 0.00256 e. The van der Waals surface area contributed by atoms with Gasteiger partial charge in [-0.1, -0.05) is 60.3 Å². The Bertz CT molecular complexity index is 300. The summed E-state index contributed by atoms with van der Waals surface area (Å²) in [5.74, 6) is 0. The van der Waals surface area contributed by atoms with Gasteiger partial charge in [0, 0.05) is 9.77 Å². The second-order valence-electron chi connectivity index (χ2n) is 5.68. The lowest BCUT2D eigenvalue weighted by Crippen LogP contribution is -2.16. The molecule has 1 heterocycles. The third-order valence-electron chi connectivity index (χ3n) is 2.08. The number of halogens is 1. The molecule has 0 aromatic rings. The van der Waals surface area contributed by atoms with Crippen LogP contribution in [0.3, 0.4) is 0 Å². The fraction of sp³-hybridized carbons (Fsp3) is 0.727. The molecule has 0 N–H and O–H groups in total. The van der Waals surface area contributed by atoms with Gasteiger partial charge in [0.05, 0.1) is 0 Å². The van der Waals surface area contributed by atoms with Gasteiger partial charge >= 0.3 is 0 Å². The molecule has 1 aliphatic heterocycles. The lowest BCUT2D eigenvalue weighted by atomic mass is 9.89. The molecule has 1 unspecified atom stereocenters. The summed E-state index contributed by atoms with van der Waals surface area (Å²) in [7, 11) is 2.17. The highest BCUT2D eigenvalue weighted by molar-refractivity contribution is 9.64. The van der Waals surface area contributed by atoms with E-state index in [0.29, 0.717) is 0 Å². The monoisotopic (exact) mass is 294 g/mol. The van der Waals surface area contributed by atoms with E-state index < -0.39 is 0 Å². The Morgan fingerprint density at radius 2 is 1.57 bits per heavy atom. The average molecular weight is 295 g/mol. The van der Waals surface area contributed by atoms with E-state index in [1.807, 2.05) is 10.8 Å². The van der Waals surface area contributed by atoms with Crippen LogP contribution in [0.4, 0.5) is 0 Å². The molecule has 1 rings (SSSR count). The highest BCUT2D eigenvalue weighted by Crippen LogP contribution is 2.56. The van der Waals surface area contributed by atoms with Crippen molar-refractivity contribution in [3.63, 3.8) is 0 Å². The van der Waals surface area contributed by atoms with Gasteiger partial charge in [-0.25, -0.2) is 0 Å². The van der Waals surface area contributed by atoms with Crippen molar-refractivity contribution >= 4 is 38.4 Å². The second-order valence-corrected chi connectivity index (χ2v) is 11.9. The topological polar surface area (TPSA) is 0 Å². The van der Waals surface area contributed by atoms with Crippen molar-refractivity contribution in [1.82, 2.24) is 0 Å². The number of rotatable bonds is 0. The molecular formula is C11H19BrS2. The molecule has 1 aliphatic rings. The predicted octanol–water partition coefficient (Wildman–Crippen LogP) is 5.38. The molecule has 0 fully saturated rings. The lowest BCUT2D eigenvalue weighted by molar-refractivity contribution is 0.533. The molecule has 0 saturated carbocycles. The molecule has 0 aromatic carbocycles. The summed E-state index contributed by atoms with van der Waals surface area (Å²) in [6.07, 6.45) is 2.39. The summed E-state index contributed by atoms with van der Waals surface area (Å²) < 4.78 is 0. The van der Waals surface area contributed by atoms with Gasteiger partial charge in [-0.2, -0.15) is 0 Å². The van der Waals surface area contributed by atoms with Gasteiger partial charge in [0.1, 0.15) is 0 Å². The van der Waals surface area contributed by atoms with Crippen molar-refractivity contribution in [3.05, 3.63) is 11.0 Å². The van der Waals surface area contributed by atoms with Crippen molar-refractivity contribution in [2.45, 2.75) is 41.5 Å². The van der Waals surface area contributed by atoms with Gasteiger partial charge in [-0.15, -0.1) is 0 Å². The quantitative estimate of drug-likeness (QED) is 0.427. The van der Waals surface area contributed by atoms with Crippen molar-refractivity contribution in [1.29, 1.82) is 0 Å². The number of hydrogen-bond donors (Lipinski definition) is 0. The summed E-state index contributed by atoms with van der Waals surface area (Å²) in [5.41, 5.74) is 0.573. The van der Waals surface area contributed by atoms with E-state index in [9.17, 15) is 0 Å². The molecule has 14 heavy (non-hydrogen) atoms. The Morgan fingerprint density at radius 1 is 1.07 bits per heavy atom. The predicted molar refractivity (Wildman–Crippen MR) is 76.1 cm³/mol. The summed E-state index contributed by atoms with van der Waals surface area (Å²) >= 11 is 3.78. The minimum atomic E-state index is 0.197. The van der Waals surface area contributed by atoms with E-state index >= 15 is 0 Å². The summed E-state index contributed by atoms with van der Waals surface area (Å²) in [6.45, 7) is 13.7. The highest BCUT2D eigenvalue weighted by atomic mass is 79.9. The van der Waals surface area contributed by atoms with Crippen LogP contribution in [-0.2, 0) is 0 Å². The standard InChI is InChI=1S/C11H19BrS2/c1-10(2,3)8-7-9(11(4,5)6)14(12)13-8/h7H,1-6H3. The zero-order valence-electron chi connectivity index (χ0n) is 9.77. The molecule has 0 bridgehead atoms. The summed E-state index contributed by atoms with van der Waals surface area (Å²) in [4.78, 5) is 3.04. The lowest BCUT2D eigenvalue weighted by Gasteiger charge is -2.20. The number of allylic oxidation sites excluding steroid dienone is 2. The minimum Gasteiger partial charge on any atom is -0.0565 e. The van der Waals surface area contributed by atoms with E-state index in [4.69, 9.17) is 0 Å². The van der Waals surface area contributed by atoms with Gasteiger partial charge < -0.3 is 0 Å². The Morgan fingerprint density at radius 3 is 1.79 bits per heavy atom. The van der Waals surface area contributed by atoms with Crippen LogP contribution < -0.4 is 0 Å². The first kappa shape index (κ1) is 12.9. The fourth-order valence-corrected chi connectivity index (χ4v) is 8.09. The van der Waals surface area contributed by atoms with Crippen molar-refractivity contribution in [2.75, 3.05) is 0 Å². The third kappa shape index (κ3) is 2.89. The summed E-state index contributed by atoms with van der Waals surface area (Å²) in [5, 5.41) is 0. The van der Waals surface area contributed by atoms with Crippen LogP contribution in [0.5, 0.6) is 0 Å². The van der Waals surface area contributed by atoms with Crippen LogP contribution in [0.2, 0.25) is 0 Å². The molecule has 3 heteroatoms. The number of hydrogen-bond acceptors (Lipinski definition) is 1. The van der Waals surface area contributed by atoms with E-state index in [-0.39, 0.29) is 18.8 Å². The normalized spacial score (nSPS) is 24.1. The molecule has 1 atom stereocenters. The first-order valence-corrected chi connectivity index (χ1v) is 9.21. The molecular weight excluding hydrogens is 276 g/mol. The zero-order chi connectivity index (χ0) is 11.1. The Balaban J connectivity index is 2.99. The van der Waals surface area contributed by atoms with Crippen LogP contribution >= 0.6 is 33.6 Å². The van der Waals surface area contributed by atoms with E-state index in [1.165, 1.54) is 9.77 Å². The highest BCUT2D eigenvalue weighted by Gasteiger charge is 2.29. The molecule has 0 saturated heterocycles. The Labute approximate surface area is 101 Å². The van der Waals surface area contributed by atoms with Crippen molar-refractivity contribution in [3.8, 4) is 0 Å². The van der Waals surface area contributed by atoms with Crippen molar-refractivity contribution < 1.29 is 0 Å². The van der Waals surface area contributed by atoms with Crippen LogP contribution in [0.1, 0.15) is 41.5 Å². The molecule has 0 aromatic heterocycles. The van der Waals surface area contributed by atoms with Crippen LogP contribution in [-0.4, -0.2) is 4.86 Å². The molecule has 0 amide bonds. The van der Waals surface area contributed by atoms with Crippen LogP contribution in [0.15, 0.2) is 11.0 Å². The molecule has 0 aliphatic carbocycles. The second kappa shape index (κ2) is 3.99. The van der Waals surface area contributed by atoms with Gasteiger partial charge in [-0.3, -0.25) is 0 Å². The van der Waals surface area contributed by atoms with E-state index in [2.05, 4.69) is 62.4 Å². The first-order chi connectivity index (χ1) is 6.12. The Kier molecular flexibility index (Phi) is 3.66. The molecule has 0 radical (unpaired) electrons. The third-order valence-corrected chi connectivity index (χ3v) is 7.96. The van der Waals surface area contributed by atoms with Crippen molar-refractivity contribution in [2.24, 2.45) is 10.8 Å².